The first-order chi connectivity index (χ1) is 3.43. The molecule has 1 radical (unpaired) electrons. The predicted octanol–water partition coefficient (Wildman–Crippen LogP) is -1.07. The van der Waals surface area contributed by atoms with Gasteiger partial charge in [-0.3, -0.25) is 5.01 Å². The molecule has 4 nitrogen and oxygen atoms in total. The van der Waals surface area contributed by atoms with E-state index < -0.39 is 0 Å². The monoisotopic (exact) mass is 100 g/mol. The zero-order valence-electron chi connectivity index (χ0n) is 3.72. The molecular formula is C3H6N3O. The Hall–Kier alpha value is -0.740. The van der Waals surface area contributed by atoms with Crippen molar-refractivity contribution in [2.24, 2.45) is 5.73 Å². The molecule has 0 aromatic rings. The topological polar surface area (TPSA) is 50.5 Å². The van der Waals surface area contributed by atoms with Crippen LogP contribution < -0.4 is 11.3 Å². The second kappa shape index (κ2) is 1.81. The van der Waals surface area contributed by atoms with Gasteiger partial charge in [-0.2, -0.15) is 0 Å². The molecule has 39 valence electrons. The molecule has 0 aromatic carbocycles. The van der Waals surface area contributed by atoms with Gasteiger partial charge in [-0.25, -0.2) is 0 Å². The van der Waals surface area contributed by atoms with Crippen LogP contribution in [0.3, 0.4) is 0 Å². The normalized spacial score (nSPS) is 17.6. The van der Waals surface area contributed by atoms with Crippen LogP contribution in [0.25, 0.3) is 0 Å². The van der Waals surface area contributed by atoms with E-state index in [9.17, 15) is 0 Å². The minimum Gasteiger partial charge on any atom is -0.383 e. The lowest BCUT2D eigenvalue weighted by molar-refractivity contribution is 0.0290. The second-order valence-corrected chi connectivity index (χ2v) is 1.09. The molecule has 1 heterocycles. The van der Waals surface area contributed by atoms with E-state index in [-0.39, 0.29) is 0 Å². The first-order valence-corrected chi connectivity index (χ1v) is 1.90. The van der Waals surface area contributed by atoms with Gasteiger partial charge < -0.3 is 10.6 Å². The number of nitrogens with one attached hydrogen (secondary N) is 1. The first-order valence-electron chi connectivity index (χ1n) is 1.90. The zero-order valence-corrected chi connectivity index (χ0v) is 3.72. The van der Waals surface area contributed by atoms with Crippen LogP contribution in [0.5, 0.6) is 0 Å². The summed E-state index contributed by atoms with van der Waals surface area (Å²) >= 11 is 0. The van der Waals surface area contributed by atoms with Crippen molar-refractivity contribution >= 4 is 0 Å². The summed E-state index contributed by atoms with van der Waals surface area (Å²) in [5, 5.41) is 1.56. The zero-order chi connectivity index (χ0) is 5.11. The lowest BCUT2D eigenvalue weighted by atomic mass is 10.9. The van der Waals surface area contributed by atoms with Crippen molar-refractivity contribution in [3.63, 3.8) is 0 Å². The molecule has 3 N–H and O–H groups in total. The van der Waals surface area contributed by atoms with Crippen LogP contribution in [0.4, 0.5) is 0 Å². The van der Waals surface area contributed by atoms with Gasteiger partial charge in [0.15, 0.2) is 0 Å². The molecule has 1 rings (SSSR count). The molecule has 0 saturated carbocycles. The van der Waals surface area contributed by atoms with Crippen LogP contribution in [-0.2, 0) is 4.84 Å². The van der Waals surface area contributed by atoms with Gasteiger partial charge in [0.25, 0.3) is 0 Å². The summed E-state index contributed by atoms with van der Waals surface area (Å²) in [7, 11) is 0. The first kappa shape index (κ1) is 4.42. The second-order valence-electron chi connectivity index (χ2n) is 1.09. The van der Waals surface area contributed by atoms with Crippen molar-refractivity contribution < 1.29 is 4.84 Å². The summed E-state index contributed by atoms with van der Waals surface area (Å²) in [5.74, 6) is 0. The number of nitrogens with two attached hydrogens (primary N) is 1. The minimum absolute atomic E-state index is 0.396. The maximum atomic E-state index is 5.15. The third-order valence-electron chi connectivity index (χ3n) is 0.627. The van der Waals surface area contributed by atoms with Gasteiger partial charge in [0.05, 0.1) is 12.9 Å². The molecule has 0 fully saturated rings. The van der Waals surface area contributed by atoms with Crippen molar-refractivity contribution in [2.75, 3.05) is 6.67 Å². The van der Waals surface area contributed by atoms with Gasteiger partial charge in [0.2, 0.25) is 6.26 Å². The van der Waals surface area contributed by atoms with Crippen LogP contribution in [0.2, 0.25) is 0 Å². The van der Waals surface area contributed by atoms with Crippen LogP contribution >= 0.6 is 0 Å². The van der Waals surface area contributed by atoms with E-state index in [0.29, 0.717) is 6.67 Å². The molecule has 0 bridgehead atoms. The minimum atomic E-state index is 0.396. The number of hydrazine groups is 1. The third kappa shape index (κ3) is 0.819. The molecule has 0 atom stereocenters. The van der Waals surface area contributed by atoms with Crippen molar-refractivity contribution in [1.82, 2.24) is 10.6 Å². The van der Waals surface area contributed by atoms with E-state index in [1.807, 2.05) is 0 Å². The van der Waals surface area contributed by atoms with E-state index in [0.717, 1.165) is 0 Å². The predicted molar refractivity (Wildman–Crippen MR) is 22.9 cm³/mol. The van der Waals surface area contributed by atoms with E-state index in [1.54, 1.807) is 11.2 Å². The number of hydrogen-bond donors (Lipinski definition) is 2. The molecule has 0 aromatic heterocycles. The van der Waals surface area contributed by atoms with Crippen molar-refractivity contribution in [3.05, 3.63) is 12.5 Å². The van der Waals surface area contributed by atoms with Crippen molar-refractivity contribution in [1.29, 1.82) is 0 Å². The maximum absolute atomic E-state index is 5.15. The van der Waals surface area contributed by atoms with Crippen LogP contribution in [0, 0.1) is 6.26 Å². The fraction of sp³-hybridized carbons (Fsp3) is 0.333. The Balaban J connectivity index is 2.28. The number of nitrogens with zero attached hydrogens (tertiary/aromatic N) is 1. The summed E-state index contributed by atoms with van der Waals surface area (Å²) in [6.07, 6.45) is 4.02. The lowest BCUT2D eigenvalue weighted by Crippen LogP contribution is -2.32. The molecule has 1 aliphatic rings. The van der Waals surface area contributed by atoms with Gasteiger partial charge in [0, 0.05) is 0 Å². The fourth-order valence-electron chi connectivity index (χ4n) is 0.291. The Morgan fingerprint density at radius 3 is 3.14 bits per heavy atom. The Labute approximate surface area is 41.5 Å². The summed E-state index contributed by atoms with van der Waals surface area (Å²) in [5.41, 5.74) is 7.59. The Kier molecular flexibility index (Phi) is 1.14. The summed E-state index contributed by atoms with van der Waals surface area (Å²) in [4.78, 5) is 4.44. The molecular weight excluding hydrogens is 94.1 g/mol. The lowest BCUT2D eigenvalue weighted by Gasteiger charge is -2.07. The summed E-state index contributed by atoms with van der Waals surface area (Å²) in [6.45, 7) is 0.396. The molecule has 0 saturated heterocycles. The standard InChI is InChI=1S/C3H6N3O/c4-3-6-1-2-7-5-6/h1,5H,3-4H2. The SMILES string of the molecule is NCN1C=[C]ON1. The number of rotatable bonds is 1. The van der Waals surface area contributed by atoms with Gasteiger partial charge in [-0.05, 0) is 0 Å². The van der Waals surface area contributed by atoms with E-state index >= 15 is 0 Å². The Morgan fingerprint density at radius 1 is 2.00 bits per heavy atom. The van der Waals surface area contributed by atoms with Crippen LogP contribution in [-0.4, -0.2) is 11.7 Å². The number of hydrogen-bond acceptors (Lipinski definition) is 4. The molecule has 0 amide bonds. The largest absolute Gasteiger partial charge is 0.383 e. The smallest absolute Gasteiger partial charge is 0.213 e. The quantitative estimate of drug-likeness (QED) is 0.440. The maximum Gasteiger partial charge on any atom is 0.213 e. The van der Waals surface area contributed by atoms with E-state index in [1.165, 1.54) is 0 Å². The van der Waals surface area contributed by atoms with Crippen LogP contribution in [0.15, 0.2) is 6.20 Å². The highest BCUT2D eigenvalue weighted by Gasteiger charge is 1.98. The molecule has 4 heteroatoms. The van der Waals surface area contributed by atoms with Crippen molar-refractivity contribution in [2.45, 2.75) is 0 Å². The van der Waals surface area contributed by atoms with Crippen LogP contribution in [0.1, 0.15) is 0 Å². The summed E-state index contributed by atoms with van der Waals surface area (Å²) in [6, 6.07) is 0. The third-order valence-corrected chi connectivity index (χ3v) is 0.627. The van der Waals surface area contributed by atoms with Gasteiger partial charge in [-0.1, -0.05) is 5.59 Å². The van der Waals surface area contributed by atoms with Gasteiger partial charge >= 0.3 is 0 Å². The highest BCUT2D eigenvalue weighted by molar-refractivity contribution is 4.66. The fourth-order valence-corrected chi connectivity index (χ4v) is 0.291. The average Bonchev–Trinajstić information content (AvgIpc) is 2.14. The van der Waals surface area contributed by atoms with Gasteiger partial charge in [0.1, 0.15) is 0 Å². The van der Waals surface area contributed by atoms with Crippen molar-refractivity contribution in [3.8, 4) is 0 Å². The Bertz CT molecular complexity index is 82.2. The summed E-state index contributed by atoms with van der Waals surface area (Å²) < 4.78 is 0. The molecule has 1 aliphatic heterocycles. The molecule has 7 heavy (non-hydrogen) atoms. The highest BCUT2D eigenvalue weighted by atomic mass is 16.7. The Morgan fingerprint density at radius 2 is 2.86 bits per heavy atom. The van der Waals surface area contributed by atoms with Gasteiger partial charge in [-0.15, -0.1) is 0 Å². The average molecular weight is 100 g/mol. The molecule has 0 aliphatic carbocycles. The van der Waals surface area contributed by atoms with E-state index in [4.69, 9.17) is 5.73 Å². The molecule has 0 unspecified atom stereocenters. The molecule has 0 spiro atoms. The van der Waals surface area contributed by atoms with E-state index in [2.05, 4.69) is 16.7 Å². The highest BCUT2D eigenvalue weighted by Crippen LogP contribution is 1.87.